The SMILES string of the molecule is CCCCCCCCCC(=O)O[C@H](COC(=O)CCCCCCC)COP(=O)(O)OC[C@H](O)COP(=O)(O)OC[C@@H](COC(=O)CCCCCCCCCCCCCCCCC(C)C)OC(=O)CCCCCCCCCCCCCCCCCC(C)C. The van der Waals surface area contributed by atoms with Crippen LogP contribution in [-0.2, 0) is 65.4 Å². The standard InChI is InChI=1S/C68H132O17P2/c1-7-9-11-13-31-40-46-52-67(72)84-63(56-78-65(70)50-44-36-12-10-8-2)58-82-86(74,75)80-54-62(69)55-81-87(76,77)83-59-64(57-79-66(71)51-45-39-34-29-25-21-18-17-20-24-28-33-38-43-49-61(5)6)85-68(73)53-47-41-35-30-26-22-16-14-15-19-23-27-32-37-42-48-60(3)4/h60-64,69H,7-59H2,1-6H3,(H,74,75)(H,76,77)/t62-,63+,64+/m0/s1. The van der Waals surface area contributed by atoms with Gasteiger partial charge in [-0.3, -0.25) is 37.3 Å². The summed E-state index contributed by atoms with van der Waals surface area (Å²) in [5, 5.41) is 10.5. The van der Waals surface area contributed by atoms with Crippen molar-refractivity contribution in [2.45, 2.75) is 362 Å². The maximum Gasteiger partial charge on any atom is 0.472 e. The summed E-state index contributed by atoms with van der Waals surface area (Å²) in [6, 6.07) is 0. The average molecular weight is 1280 g/mol. The number of rotatable bonds is 67. The topological polar surface area (TPSA) is 237 Å². The van der Waals surface area contributed by atoms with E-state index in [0.29, 0.717) is 25.7 Å². The lowest BCUT2D eigenvalue weighted by molar-refractivity contribution is -0.161. The number of hydrogen-bond acceptors (Lipinski definition) is 15. The highest BCUT2D eigenvalue weighted by Crippen LogP contribution is 2.45. The third kappa shape index (κ3) is 62.6. The number of aliphatic hydroxyl groups excluding tert-OH is 1. The molecule has 0 rings (SSSR count). The van der Waals surface area contributed by atoms with Crippen LogP contribution in [-0.4, -0.2) is 96.7 Å². The molecule has 516 valence electrons. The largest absolute Gasteiger partial charge is 0.472 e. The predicted octanol–water partition coefficient (Wildman–Crippen LogP) is 19.2. The van der Waals surface area contributed by atoms with Crippen molar-refractivity contribution in [3.05, 3.63) is 0 Å². The number of carbonyl (C=O) groups is 4. The monoisotopic (exact) mass is 1280 g/mol. The fourth-order valence-electron chi connectivity index (χ4n) is 10.2. The Morgan fingerprint density at radius 2 is 0.529 bits per heavy atom. The molecule has 0 aliphatic rings. The Balaban J connectivity index is 5.11. The van der Waals surface area contributed by atoms with Gasteiger partial charge in [-0.25, -0.2) is 9.13 Å². The Labute approximate surface area is 530 Å². The van der Waals surface area contributed by atoms with Crippen molar-refractivity contribution < 1.29 is 80.2 Å². The smallest absolute Gasteiger partial charge is 0.462 e. The molecule has 0 saturated heterocycles. The molecule has 3 N–H and O–H groups in total. The van der Waals surface area contributed by atoms with Gasteiger partial charge in [0.05, 0.1) is 26.4 Å². The Morgan fingerprint density at radius 1 is 0.310 bits per heavy atom. The van der Waals surface area contributed by atoms with Crippen LogP contribution >= 0.6 is 15.6 Å². The quantitative estimate of drug-likeness (QED) is 0.0222. The molecule has 5 atom stereocenters. The molecule has 0 spiro atoms. The summed E-state index contributed by atoms with van der Waals surface area (Å²) in [5.74, 6) is -0.541. The van der Waals surface area contributed by atoms with Crippen LogP contribution in [0.4, 0.5) is 0 Å². The van der Waals surface area contributed by atoms with Crippen LogP contribution in [0, 0.1) is 11.8 Å². The minimum Gasteiger partial charge on any atom is -0.462 e. The summed E-state index contributed by atoms with van der Waals surface area (Å²) >= 11 is 0. The van der Waals surface area contributed by atoms with E-state index in [1.807, 2.05) is 0 Å². The van der Waals surface area contributed by atoms with Crippen LogP contribution in [0.15, 0.2) is 0 Å². The molecule has 87 heavy (non-hydrogen) atoms. The second-order valence-corrected chi connectivity index (χ2v) is 28.4. The number of aliphatic hydroxyl groups is 1. The lowest BCUT2D eigenvalue weighted by atomic mass is 10.0. The molecule has 0 bridgehead atoms. The van der Waals surface area contributed by atoms with E-state index in [-0.39, 0.29) is 25.7 Å². The molecule has 0 saturated carbocycles. The summed E-state index contributed by atoms with van der Waals surface area (Å²) in [6.07, 6.45) is 45.0. The number of ether oxygens (including phenoxy) is 4. The number of phosphoric acid groups is 2. The van der Waals surface area contributed by atoms with Crippen molar-refractivity contribution in [3.8, 4) is 0 Å². The van der Waals surface area contributed by atoms with Crippen LogP contribution < -0.4 is 0 Å². The molecule has 0 aromatic heterocycles. The van der Waals surface area contributed by atoms with Gasteiger partial charge in [-0.05, 0) is 37.5 Å². The van der Waals surface area contributed by atoms with Crippen molar-refractivity contribution in [1.29, 1.82) is 0 Å². The molecule has 0 aliphatic heterocycles. The summed E-state index contributed by atoms with van der Waals surface area (Å²) in [5.41, 5.74) is 0. The first kappa shape index (κ1) is 85.1. The molecule has 0 heterocycles. The zero-order chi connectivity index (χ0) is 64.3. The van der Waals surface area contributed by atoms with Crippen LogP contribution in [0.5, 0.6) is 0 Å². The van der Waals surface area contributed by atoms with E-state index >= 15 is 0 Å². The highest BCUT2D eigenvalue weighted by atomic mass is 31.2. The summed E-state index contributed by atoms with van der Waals surface area (Å²) in [4.78, 5) is 72.0. The van der Waals surface area contributed by atoms with Gasteiger partial charge < -0.3 is 33.8 Å². The number of phosphoric ester groups is 2. The van der Waals surface area contributed by atoms with Crippen molar-refractivity contribution in [3.63, 3.8) is 0 Å². The number of unbranched alkanes of at least 4 members (excludes halogenated alkanes) is 37. The lowest BCUT2D eigenvalue weighted by Gasteiger charge is -2.21. The Hall–Kier alpha value is -1.94. The fourth-order valence-corrected chi connectivity index (χ4v) is 11.8. The van der Waals surface area contributed by atoms with Crippen LogP contribution in [0.3, 0.4) is 0 Å². The van der Waals surface area contributed by atoms with Crippen molar-refractivity contribution >= 4 is 39.5 Å². The minimum absolute atomic E-state index is 0.103. The van der Waals surface area contributed by atoms with Crippen molar-refractivity contribution in [1.82, 2.24) is 0 Å². The molecular formula is C68H132O17P2. The lowest BCUT2D eigenvalue weighted by Crippen LogP contribution is -2.30. The summed E-state index contributed by atoms with van der Waals surface area (Å²) in [7, 11) is -9.88. The number of esters is 4. The van der Waals surface area contributed by atoms with Gasteiger partial charge in [-0.2, -0.15) is 0 Å². The molecule has 19 heteroatoms. The van der Waals surface area contributed by atoms with Crippen molar-refractivity contribution in [2.24, 2.45) is 11.8 Å². The van der Waals surface area contributed by atoms with E-state index in [2.05, 4.69) is 41.5 Å². The van der Waals surface area contributed by atoms with Gasteiger partial charge in [0.2, 0.25) is 0 Å². The molecule has 0 aromatic rings. The van der Waals surface area contributed by atoms with Gasteiger partial charge in [-0.15, -0.1) is 0 Å². The zero-order valence-corrected chi connectivity index (χ0v) is 58.1. The first-order valence-corrected chi connectivity index (χ1v) is 38.5. The molecular weight excluding hydrogens is 1150 g/mol. The molecule has 0 aliphatic carbocycles. The Morgan fingerprint density at radius 3 is 0.782 bits per heavy atom. The molecule has 17 nitrogen and oxygen atoms in total. The fraction of sp³-hybridized carbons (Fsp3) is 0.941. The highest BCUT2D eigenvalue weighted by Gasteiger charge is 2.30. The van der Waals surface area contributed by atoms with Gasteiger partial charge >= 0.3 is 39.5 Å². The van der Waals surface area contributed by atoms with E-state index in [9.17, 15) is 43.2 Å². The Kier molecular flexibility index (Phi) is 59.0. The van der Waals surface area contributed by atoms with Crippen LogP contribution in [0.25, 0.3) is 0 Å². The normalized spacial score (nSPS) is 14.2. The molecule has 0 radical (unpaired) electrons. The molecule has 2 unspecified atom stereocenters. The van der Waals surface area contributed by atoms with E-state index in [1.54, 1.807) is 0 Å². The average Bonchev–Trinajstić information content (AvgIpc) is 3.51. The first-order valence-electron chi connectivity index (χ1n) is 35.5. The molecule has 0 amide bonds. The van der Waals surface area contributed by atoms with Gasteiger partial charge in [0.15, 0.2) is 12.2 Å². The van der Waals surface area contributed by atoms with Gasteiger partial charge in [-0.1, -0.05) is 292 Å². The number of carbonyl (C=O) groups excluding carboxylic acids is 4. The maximum absolute atomic E-state index is 13.0. The van der Waals surface area contributed by atoms with Crippen LogP contribution in [0.1, 0.15) is 343 Å². The maximum atomic E-state index is 13.0. The van der Waals surface area contributed by atoms with E-state index in [4.69, 9.17) is 37.0 Å². The van der Waals surface area contributed by atoms with E-state index in [1.165, 1.54) is 141 Å². The van der Waals surface area contributed by atoms with E-state index < -0.39 is 97.5 Å². The summed E-state index contributed by atoms with van der Waals surface area (Å²) < 4.78 is 67.8. The third-order valence-corrected chi connectivity index (χ3v) is 17.6. The van der Waals surface area contributed by atoms with Crippen LogP contribution in [0.2, 0.25) is 0 Å². The van der Waals surface area contributed by atoms with Gasteiger partial charge in [0, 0.05) is 25.7 Å². The zero-order valence-electron chi connectivity index (χ0n) is 56.3. The Bertz CT molecular complexity index is 1700. The second kappa shape index (κ2) is 60.3. The first-order chi connectivity index (χ1) is 41.9. The van der Waals surface area contributed by atoms with Gasteiger partial charge in [0.25, 0.3) is 0 Å². The second-order valence-electron chi connectivity index (χ2n) is 25.5. The third-order valence-electron chi connectivity index (χ3n) is 15.7. The highest BCUT2D eigenvalue weighted by molar-refractivity contribution is 7.47. The van der Waals surface area contributed by atoms with E-state index in [0.717, 1.165) is 121 Å². The molecule has 0 aromatic carbocycles. The number of hydrogen-bond donors (Lipinski definition) is 3. The summed E-state index contributed by atoms with van der Waals surface area (Å²) in [6.45, 7) is 9.45. The van der Waals surface area contributed by atoms with Gasteiger partial charge in [0.1, 0.15) is 19.3 Å². The molecule has 0 fully saturated rings. The minimum atomic E-state index is -4.95. The predicted molar refractivity (Wildman–Crippen MR) is 349 cm³/mol. The van der Waals surface area contributed by atoms with Crippen molar-refractivity contribution in [2.75, 3.05) is 39.6 Å².